The summed E-state index contributed by atoms with van der Waals surface area (Å²) < 4.78 is 17.9. The summed E-state index contributed by atoms with van der Waals surface area (Å²) >= 11 is 3.47. The quantitative estimate of drug-likeness (QED) is 0.764. The first-order valence-electron chi connectivity index (χ1n) is 7.27. The van der Waals surface area contributed by atoms with Gasteiger partial charge in [-0.2, -0.15) is 4.68 Å². The first-order chi connectivity index (χ1) is 12.0. The Hall–Kier alpha value is -2.62. The van der Waals surface area contributed by atoms with E-state index in [1.54, 1.807) is 27.2 Å². The molecule has 3 rings (SSSR count). The van der Waals surface area contributed by atoms with Gasteiger partial charge >= 0.3 is 5.97 Å². The van der Waals surface area contributed by atoms with Crippen molar-refractivity contribution in [2.75, 3.05) is 26.6 Å². The number of nitrogens with one attached hydrogen (secondary N) is 1. The zero-order valence-electron chi connectivity index (χ0n) is 14.0. The van der Waals surface area contributed by atoms with Crippen LogP contribution in [0.1, 0.15) is 18.5 Å². The third-order valence-corrected chi connectivity index (χ3v) is 4.48. The number of nitrogens with zero attached hydrogens (tertiary/aromatic N) is 4. The molecule has 0 aliphatic carbocycles. The number of methoxy groups -OCH3 is 3. The number of anilines is 1. The van der Waals surface area contributed by atoms with Crippen molar-refractivity contribution < 1.29 is 19.0 Å². The molecule has 0 amide bonds. The van der Waals surface area contributed by atoms with Crippen LogP contribution in [0.3, 0.4) is 0 Å². The lowest BCUT2D eigenvalue weighted by atomic mass is 9.95. The Morgan fingerprint density at radius 1 is 1.28 bits per heavy atom. The van der Waals surface area contributed by atoms with Gasteiger partial charge in [0.15, 0.2) is 11.5 Å². The number of hydrogen-bond acceptors (Lipinski definition) is 8. The Kier molecular flexibility index (Phi) is 4.62. The smallest absolute Gasteiger partial charge is 0.338 e. The molecule has 132 valence electrons. The number of carbonyl (C=O) groups is 1. The van der Waals surface area contributed by atoms with Crippen LogP contribution in [-0.2, 0) is 9.53 Å². The average Bonchev–Trinajstić information content (AvgIpc) is 3.06. The lowest BCUT2D eigenvalue weighted by molar-refractivity contribution is -0.136. The van der Waals surface area contributed by atoms with Gasteiger partial charge in [-0.25, -0.2) is 4.79 Å². The first-order valence-corrected chi connectivity index (χ1v) is 8.06. The van der Waals surface area contributed by atoms with Crippen molar-refractivity contribution in [3.05, 3.63) is 33.4 Å². The number of benzene rings is 1. The molecule has 1 aliphatic rings. The average molecular weight is 410 g/mol. The van der Waals surface area contributed by atoms with E-state index in [2.05, 4.69) is 36.8 Å². The highest BCUT2D eigenvalue weighted by molar-refractivity contribution is 9.10. The summed E-state index contributed by atoms with van der Waals surface area (Å²) in [6.45, 7) is 1.77. The third kappa shape index (κ3) is 2.82. The highest BCUT2D eigenvalue weighted by atomic mass is 79.9. The van der Waals surface area contributed by atoms with E-state index in [0.29, 0.717) is 33.2 Å². The fraction of sp³-hybridized carbons (Fsp3) is 0.333. The molecule has 1 aromatic heterocycles. The molecular formula is C15H16BrN5O4. The second-order valence-corrected chi connectivity index (χ2v) is 6.10. The molecule has 0 fully saturated rings. The molecule has 2 aromatic rings. The molecule has 0 bridgehead atoms. The van der Waals surface area contributed by atoms with Gasteiger partial charge in [0, 0.05) is 5.70 Å². The number of aromatic nitrogens is 4. The second kappa shape index (κ2) is 6.71. The number of rotatable bonds is 4. The van der Waals surface area contributed by atoms with Crippen molar-refractivity contribution in [3.8, 4) is 11.5 Å². The van der Waals surface area contributed by atoms with Gasteiger partial charge in [-0.1, -0.05) is 5.10 Å². The lowest BCUT2D eigenvalue weighted by Gasteiger charge is -2.27. The Morgan fingerprint density at radius 3 is 2.68 bits per heavy atom. The largest absolute Gasteiger partial charge is 0.493 e. The van der Waals surface area contributed by atoms with Gasteiger partial charge in [-0.3, -0.25) is 0 Å². The van der Waals surface area contributed by atoms with Crippen molar-refractivity contribution >= 4 is 27.8 Å². The second-order valence-electron chi connectivity index (χ2n) is 5.24. The van der Waals surface area contributed by atoms with Crippen LogP contribution in [0.2, 0.25) is 0 Å². The lowest BCUT2D eigenvalue weighted by Crippen LogP contribution is -2.29. The molecule has 0 saturated heterocycles. The van der Waals surface area contributed by atoms with E-state index in [9.17, 15) is 4.79 Å². The number of carbonyl (C=O) groups excluding carboxylic acids is 1. The van der Waals surface area contributed by atoms with Crippen molar-refractivity contribution in [1.82, 2.24) is 20.2 Å². The van der Waals surface area contributed by atoms with Gasteiger partial charge in [-0.05, 0) is 51.0 Å². The minimum absolute atomic E-state index is 0.404. The number of allylic oxidation sites excluding steroid dienone is 1. The maximum atomic E-state index is 12.4. The molecule has 0 radical (unpaired) electrons. The van der Waals surface area contributed by atoms with Crippen molar-refractivity contribution in [1.29, 1.82) is 0 Å². The molecule has 25 heavy (non-hydrogen) atoms. The molecule has 1 aliphatic heterocycles. The zero-order valence-corrected chi connectivity index (χ0v) is 15.6. The Labute approximate surface area is 152 Å². The molecule has 1 aromatic carbocycles. The van der Waals surface area contributed by atoms with E-state index in [1.807, 2.05) is 6.07 Å². The standard InChI is InChI=1S/C15H16BrN5O4/c1-7-11(14(22)25-4)12(21-15(17-7)18-19-20-21)8-5-9(16)13(24-3)10(6-8)23-2/h5-6,12H,1-4H3,(H,17,18,20)/t12-/m1/s1. The van der Waals surface area contributed by atoms with Crippen molar-refractivity contribution in [3.63, 3.8) is 0 Å². The number of ether oxygens (including phenoxy) is 3. The number of halogens is 1. The van der Waals surface area contributed by atoms with Gasteiger partial charge in [0.25, 0.3) is 0 Å². The van der Waals surface area contributed by atoms with Gasteiger partial charge in [0.05, 0.1) is 31.4 Å². The number of hydrogen-bond donors (Lipinski definition) is 1. The highest BCUT2D eigenvalue weighted by Gasteiger charge is 2.35. The molecule has 10 heteroatoms. The molecule has 2 heterocycles. The summed E-state index contributed by atoms with van der Waals surface area (Å²) in [6.07, 6.45) is 0. The van der Waals surface area contributed by atoms with Crippen LogP contribution in [0.5, 0.6) is 11.5 Å². The summed E-state index contributed by atoms with van der Waals surface area (Å²) in [5.74, 6) is 1.03. The molecule has 1 atom stereocenters. The third-order valence-electron chi connectivity index (χ3n) is 3.89. The molecule has 9 nitrogen and oxygen atoms in total. The number of tetrazole rings is 1. The topological polar surface area (TPSA) is 100 Å². The Morgan fingerprint density at radius 2 is 2.04 bits per heavy atom. The van der Waals surface area contributed by atoms with E-state index in [1.165, 1.54) is 11.8 Å². The van der Waals surface area contributed by atoms with Crippen LogP contribution >= 0.6 is 15.9 Å². The number of esters is 1. The van der Waals surface area contributed by atoms with Gasteiger partial charge in [-0.15, -0.1) is 0 Å². The highest BCUT2D eigenvalue weighted by Crippen LogP contribution is 2.42. The molecule has 1 N–H and O–H groups in total. The van der Waals surface area contributed by atoms with E-state index >= 15 is 0 Å². The SMILES string of the molecule is COC(=O)C1=C(C)Nc2nnnn2[C@@H]1c1cc(Br)c(OC)c(OC)c1. The van der Waals surface area contributed by atoms with Crippen LogP contribution in [-0.4, -0.2) is 47.5 Å². The minimum atomic E-state index is -0.574. The summed E-state index contributed by atoms with van der Waals surface area (Å²) in [7, 11) is 4.43. The fourth-order valence-electron chi connectivity index (χ4n) is 2.79. The van der Waals surface area contributed by atoms with Gasteiger partial charge < -0.3 is 19.5 Å². The predicted octanol–water partition coefficient (Wildman–Crippen LogP) is 1.91. The summed E-state index contributed by atoms with van der Waals surface area (Å²) in [4.78, 5) is 12.4. The van der Waals surface area contributed by atoms with Crippen LogP contribution in [0, 0.1) is 0 Å². The van der Waals surface area contributed by atoms with E-state index in [4.69, 9.17) is 14.2 Å². The van der Waals surface area contributed by atoms with Crippen LogP contribution < -0.4 is 14.8 Å². The maximum absolute atomic E-state index is 12.4. The Balaban J connectivity index is 2.23. The zero-order chi connectivity index (χ0) is 18.1. The van der Waals surface area contributed by atoms with Crippen LogP contribution in [0.25, 0.3) is 0 Å². The van der Waals surface area contributed by atoms with Gasteiger partial charge in [0.2, 0.25) is 5.95 Å². The monoisotopic (exact) mass is 409 g/mol. The fourth-order valence-corrected chi connectivity index (χ4v) is 3.41. The maximum Gasteiger partial charge on any atom is 0.338 e. The van der Waals surface area contributed by atoms with E-state index in [0.717, 1.165) is 5.56 Å². The summed E-state index contributed by atoms with van der Waals surface area (Å²) in [6, 6.07) is 3.04. The first kappa shape index (κ1) is 17.2. The van der Waals surface area contributed by atoms with Crippen LogP contribution in [0.15, 0.2) is 27.9 Å². The van der Waals surface area contributed by atoms with Crippen molar-refractivity contribution in [2.24, 2.45) is 0 Å². The Bertz CT molecular complexity index is 864. The molecular weight excluding hydrogens is 394 g/mol. The normalized spacial score (nSPS) is 16.1. The summed E-state index contributed by atoms with van der Waals surface area (Å²) in [5.41, 5.74) is 1.76. The minimum Gasteiger partial charge on any atom is -0.493 e. The number of fused-ring (bicyclic) bond motifs is 1. The van der Waals surface area contributed by atoms with Crippen LogP contribution in [0.4, 0.5) is 5.95 Å². The molecule has 0 unspecified atom stereocenters. The van der Waals surface area contributed by atoms with Gasteiger partial charge in [0.1, 0.15) is 6.04 Å². The summed E-state index contributed by atoms with van der Waals surface area (Å²) in [5, 5.41) is 14.6. The van der Waals surface area contributed by atoms with E-state index < -0.39 is 12.0 Å². The van der Waals surface area contributed by atoms with Crippen molar-refractivity contribution in [2.45, 2.75) is 13.0 Å². The predicted molar refractivity (Wildman–Crippen MR) is 91.5 cm³/mol. The van der Waals surface area contributed by atoms with E-state index in [-0.39, 0.29) is 0 Å². The molecule has 0 saturated carbocycles. The molecule has 0 spiro atoms.